The van der Waals surface area contributed by atoms with Crippen LogP contribution >= 0.6 is 12.2 Å². The van der Waals surface area contributed by atoms with Crippen LogP contribution in [0.1, 0.15) is 24.2 Å². The van der Waals surface area contributed by atoms with Crippen LogP contribution in [0.5, 0.6) is 0 Å². The quantitative estimate of drug-likeness (QED) is 0.740. The fourth-order valence-electron chi connectivity index (χ4n) is 1.39. The largest absolute Gasteiger partial charge is 0.318 e. The molecule has 3 nitrogen and oxygen atoms in total. The first-order valence-electron chi connectivity index (χ1n) is 4.47. The van der Waals surface area contributed by atoms with E-state index in [-0.39, 0.29) is 5.92 Å². The first-order valence-corrected chi connectivity index (χ1v) is 4.87. The summed E-state index contributed by atoms with van der Waals surface area (Å²) in [6.45, 7) is 2.09. The van der Waals surface area contributed by atoms with Crippen molar-refractivity contribution in [3.05, 3.63) is 46.5 Å². The van der Waals surface area contributed by atoms with Crippen LogP contribution in [-0.4, -0.2) is 15.2 Å². The van der Waals surface area contributed by atoms with Gasteiger partial charge in [-0.05, 0) is 17.8 Å². The summed E-state index contributed by atoms with van der Waals surface area (Å²) in [5, 5.41) is 6.84. The minimum Gasteiger partial charge on any atom is -0.318 e. The Morgan fingerprint density at radius 2 is 2.00 bits per heavy atom. The van der Waals surface area contributed by atoms with E-state index in [0.717, 1.165) is 5.82 Å². The average molecular weight is 205 g/mol. The van der Waals surface area contributed by atoms with Crippen molar-refractivity contribution in [1.82, 2.24) is 15.2 Å². The number of aromatic amines is 2. The molecule has 1 unspecified atom stereocenters. The molecular weight excluding hydrogens is 194 g/mol. The van der Waals surface area contributed by atoms with Gasteiger partial charge in [0.05, 0.1) is 0 Å². The summed E-state index contributed by atoms with van der Waals surface area (Å²) in [6.07, 6.45) is 0. The molecule has 1 atom stereocenters. The Hall–Kier alpha value is -1.42. The number of H-pyrrole nitrogens is 2. The molecule has 0 aliphatic carbocycles. The molecule has 1 aromatic heterocycles. The molecule has 0 aliphatic heterocycles. The van der Waals surface area contributed by atoms with Crippen LogP contribution in [0.25, 0.3) is 0 Å². The third-order valence-electron chi connectivity index (χ3n) is 2.23. The third-order valence-corrected chi connectivity index (χ3v) is 2.42. The summed E-state index contributed by atoms with van der Waals surface area (Å²) in [5.41, 5.74) is 1.23. The molecule has 0 saturated carbocycles. The molecule has 1 heterocycles. The van der Waals surface area contributed by atoms with Gasteiger partial charge in [-0.3, -0.25) is 5.10 Å². The van der Waals surface area contributed by atoms with E-state index in [1.54, 1.807) is 0 Å². The lowest BCUT2D eigenvalue weighted by Crippen LogP contribution is -1.97. The highest BCUT2D eigenvalue weighted by atomic mass is 32.1. The predicted molar refractivity (Wildman–Crippen MR) is 57.7 cm³/mol. The zero-order valence-corrected chi connectivity index (χ0v) is 8.64. The van der Waals surface area contributed by atoms with Crippen molar-refractivity contribution >= 4 is 12.2 Å². The van der Waals surface area contributed by atoms with Crippen molar-refractivity contribution in [2.75, 3.05) is 0 Å². The van der Waals surface area contributed by atoms with Gasteiger partial charge in [0.2, 0.25) is 0 Å². The SMILES string of the molecule is CC(c1ccccc1)c1n[nH]c(=S)[nH]1. The normalized spacial score (nSPS) is 12.6. The fraction of sp³-hybridized carbons (Fsp3) is 0.200. The Kier molecular flexibility index (Phi) is 2.45. The van der Waals surface area contributed by atoms with Crippen LogP contribution in [0.15, 0.2) is 30.3 Å². The summed E-state index contributed by atoms with van der Waals surface area (Å²) >= 11 is 4.93. The van der Waals surface area contributed by atoms with Gasteiger partial charge in [0, 0.05) is 5.92 Å². The second kappa shape index (κ2) is 3.75. The van der Waals surface area contributed by atoms with Crippen molar-refractivity contribution in [2.45, 2.75) is 12.8 Å². The van der Waals surface area contributed by atoms with Crippen molar-refractivity contribution in [1.29, 1.82) is 0 Å². The number of hydrogen-bond acceptors (Lipinski definition) is 2. The molecule has 2 aromatic rings. The predicted octanol–water partition coefficient (Wildman–Crippen LogP) is 2.62. The van der Waals surface area contributed by atoms with Gasteiger partial charge in [-0.25, -0.2) is 0 Å². The van der Waals surface area contributed by atoms with Crippen LogP contribution in [0, 0.1) is 4.77 Å². The van der Waals surface area contributed by atoms with E-state index in [1.807, 2.05) is 18.2 Å². The first kappa shape index (κ1) is 9.15. The maximum atomic E-state index is 4.93. The number of hydrogen-bond donors (Lipinski definition) is 2. The van der Waals surface area contributed by atoms with Gasteiger partial charge in [0.15, 0.2) is 4.77 Å². The van der Waals surface area contributed by atoms with Gasteiger partial charge in [-0.2, -0.15) is 5.10 Å². The highest BCUT2D eigenvalue weighted by molar-refractivity contribution is 7.71. The van der Waals surface area contributed by atoms with Crippen molar-refractivity contribution in [3.63, 3.8) is 0 Å². The minimum absolute atomic E-state index is 0.240. The van der Waals surface area contributed by atoms with E-state index in [0.29, 0.717) is 4.77 Å². The van der Waals surface area contributed by atoms with Crippen LogP contribution in [-0.2, 0) is 0 Å². The molecule has 1 aromatic carbocycles. The van der Waals surface area contributed by atoms with E-state index >= 15 is 0 Å². The standard InChI is InChI=1S/C10H11N3S/c1-7(8-5-3-2-4-6-8)9-11-10(14)13-12-9/h2-7H,1H3,(H2,11,12,13,14). The third kappa shape index (κ3) is 1.75. The monoisotopic (exact) mass is 205 g/mol. The fourth-order valence-corrected chi connectivity index (χ4v) is 1.54. The topological polar surface area (TPSA) is 44.5 Å². The summed E-state index contributed by atoms with van der Waals surface area (Å²) in [7, 11) is 0. The van der Waals surface area contributed by atoms with Crippen molar-refractivity contribution < 1.29 is 0 Å². The van der Waals surface area contributed by atoms with E-state index in [4.69, 9.17) is 12.2 Å². The van der Waals surface area contributed by atoms with Crippen molar-refractivity contribution in [2.24, 2.45) is 0 Å². The van der Waals surface area contributed by atoms with Gasteiger partial charge in [0.25, 0.3) is 0 Å². The molecule has 0 bridgehead atoms. The lowest BCUT2D eigenvalue weighted by molar-refractivity contribution is 0.823. The molecule has 4 heteroatoms. The van der Waals surface area contributed by atoms with Crippen LogP contribution in [0.3, 0.4) is 0 Å². The number of benzene rings is 1. The molecular formula is C10H11N3S. The van der Waals surface area contributed by atoms with E-state index in [1.165, 1.54) is 5.56 Å². The van der Waals surface area contributed by atoms with Crippen LogP contribution < -0.4 is 0 Å². The Morgan fingerprint density at radius 3 is 2.57 bits per heavy atom. The van der Waals surface area contributed by atoms with Gasteiger partial charge in [-0.15, -0.1) is 0 Å². The summed E-state index contributed by atoms with van der Waals surface area (Å²) < 4.78 is 0.572. The smallest absolute Gasteiger partial charge is 0.192 e. The maximum absolute atomic E-state index is 4.93. The van der Waals surface area contributed by atoms with Crippen LogP contribution in [0.2, 0.25) is 0 Å². The molecule has 0 spiro atoms. The number of nitrogens with zero attached hydrogens (tertiary/aromatic N) is 1. The molecule has 2 rings (SSSR count). The van der Waals surface area contributed by atoms with E-state index in [2.05, 4.69) is 34.2 Å². The number of nitrogens with one attached hydrogen (secondary N) is 2. The molecule has 0 amide bonds. The minimum atomic E-state index is 0.240. The molecule has 0 radical (unpaired) electrons. The number of rotatable bonds is 2. The van der Waals surface area contributed by atoms with Gasteiger partial charge >= 0.3 is 0 Å². The molecule has 0 saturated heterocycles. The summed E-state index contributed by atoms with van der Waals surface area (Å²) in [6, 6.07) is 10.2. The zero-order valence-electron chi connectivity index (χ0n) is 7.82. The summed E-state index contributed by atoms with van der Waals surface area (Å²) in [4.78, 5) is 3.02. The van der Waals surface area contributed by atoms with Crippen LogP contribution in [0.4, 0.5) is 0 Å². The highest BCUT2D eigenvalue weighted by Crippen LogP contribution is 2.19. The Morgan fingerprint density at radius 1 is 1.29 bits per heavy atom. The Balaban J connectivity index is 2.33. The zero-order chi connectivity index (χ0) is 9.97. The van der Waals surface area contributed by atoms with E-state index in [9.17, 15) is 0 Å². The van der Waals surface area contributed by atoms with Gasteiger partial charge in [-0.1, -0.05) is 37.3 Å². The van der Waals surface area contributed by atoms with E-state index < -0.39 is 0 Å². The Labute approximate surface area is 87.2 Å². The second-order valence-electron chi connectivity index (χ2n) is 3.20. The highest BCUT2D eigenvalue weighted by Gasteiger charge is 2.10. The maximum Gasteiger partial charge on any atom is 0.192 e. The molecule has 72 valence electrons. The second-order valence-corrected chi connectivity index (χ2v) is 3.60. The Bertz CT molecular complexity index is 457. The van der Waals surface area contributed by atoms with Crippen molar-refractivity contribution in [3.8, 4) is 0 Å². The molecule has 14 heavy (non-hydrogen) atoms. The average Bonchev–Trinajstić information content (AvgIpc) is 2.65. The lowest BCUT2D eigenvalue weighted by Gasteiger charge is -2.06. The van der Waals surface area contributed by atoms with Gasteiger partial charge in [0.1, 0.15) is 5.82 Å². The molecule has 0 aliphatic rings. The number of aromatic nitrogens is 3. The molecule has 2 N–H and O–H groups in total. The molecule has 0 fully saturated rings. The first-order chi connectivity index (χ1) is 6.77. The lowest BCUT2D eigenvalue weighted by atomic mass is 10.0. The summed E-state index contributed by atoms with van der Waals surface area (Å²) in [5.74, 6) is 1.12. The van der Waals surface area contributed by atoms with Gasteiger partial charge < -0.3 is 4.98 Å².